The predicted octanol–water partition coefficient (Wildman–Crippen LogP) is -1.97. The van der Waals surface area contributed by atoms with Crippen LogP contribution < -0.4 is 10.4 Å². The Bertz CT molecular complexity index is 991. The fourth-order valence-corrected chi connectivity index (χ4v) is 6.19. The summed E-state index contributed by atoms with van der Waals surface area (Å²) in [7, 11) is 0. The average Bonchev–Trinajstić information content (AvgIpc) is 3.35. The van der Waals surface area contributed by atoms with E-state index in [0.717, 1.165) is 9.35 Å². The highest BCUT2D eigenvalue weighted by Crippen LogP contribution is 2.41. The topological polar surface area (TPSA) is 159 Å². The molecular formula is C14H13N8O4S3-. The second-order valence-corrected chi connectivity index (χ2v) is 9.59. The number of carbonyl (C=O) groups is 3. The van der Waals surface area contributed by atoms with E-state index < -0.39 is 29.2 Å². The summed E-state index contributed by atoms with van der Waals surface area (Å²) in [5.74, 6) is -1.57. The number of fused-ring (bicyclic) bond motifs is 1. The number of thioether (sulfide) groups is 2. The number of hydrogen-bond donors (Lipinski definition) is 1. The van der Waals surface area contributed by atoms with Gasteiger partial charge in [0.25, 0.3) is 5.91 Å². The summed E-state index contributed by atoms with van der Waals surface area (Å²) in [4.78, 5) is 37.6. The van der Waals surface area contributed by atoms with E-state index in [9.17, 15) is 19.5 Å². The van der Waals surface area contributed by atoms with Gasteiger partial charge in [-0.05, 0) is 22.9 Å². The van der Waals surface area contributed by atoms with Crippen LogP contribution in [0.3, 0.4) is 0 Å². The van der Waals surface area contributed by atoms with E-state index in [2.05, 4.69) is 31.0 Å². The van der Waals surface area contributed by atoms with Crippen LogP contribution in [-0.2, 0) is 20.9 Å². The quantitative estimate of drug-likeness (QED) is 0.366. The number of amides is 2. The first-order valence-corrected chi connectivity index (χ1v) is 11.1. The minimum Gasteiger partial charge on any atom is -0.543 e. The van der Waals surface area contributed by atoms with Crippen LogP contribution in [-0.4, -0.2) is 76.0 Å². The Kier molecular flexibility index (Phi) is 5.51. The summed E-state index contributed by atoms with van der Waals surface area (Å²) in [5.41, 5.74) is 0.453. The number of nitrogens with zero attached hydrogens (tertiary/aromatic N) is 7. The minimum atomic E-state index is -1.41. The van der Waals surface area contributed by atoms with Crippen molar-refractivity contribution in [1.82, 2.24) is 40.6 Å². The number of hydrogen-bond acceptors (Lipinski definition) is 12. The van der Waals surface area contributed by atoms with Gasteiger partial charge >= 0.3 is 0 Å². The molecule has 0 radical (unpaired) electrons. The third-order valence-corrected chi connectivity index (χ3v) is 7.53. The molecule has 29 heavy (non-hydrogen) atoms. The highest BCUT2D eigenvalue weighted by molar-refractivity contribution is 8.01. The van der Waals surface area contributed by atoms with Crippen molar-refractivity contribution >= 4 is 52.6 Å². The maximum Gasteiger partial charge on any atom is 0.253 e. The zero-order valence-corrected chi connectivity index (χ0v) is 17.3. The Morgan fingerprint density at radius 2 is 2.24 bits per heavy atom. The van der Waals surface area contributed by atoms with Crippen LogP contribution in [0.25, 0.3) is 0 Å². The number of aromatic nitrogens is 6. The zero-order valence-electron chi connectivity index (χ0n) is 14.8. The van der Waals surface area contributed by atoms with Gasteiger partial charge in [0.1, 0.15) is 29.3 Å². The molecule has 12 nitrogen and oxygen atoms in total. The van der Waals surface area contributed by atoms with Gasteiger partial charge in [0.15, 0.2) is 4.34 Å². The first-order valence-electron chi connectivity index (χ1n) is 8.25. The molecule has 0 bridgehead atoms. The van der Waals surface area contributed by atoms with Gasteiger partial charge in [-0.2, -0.15) is 0 Å². The third kappa shape index (κ3) is 3.97. The summed E-state index contributed by atoms with van der Waals surface area (Å²) in [6, 6.07) is -0.807. The summed E-state index contributed by atoms with van der Waals surface area (Å²) in [6.07, 6.45) is 1.28. The van der Waals surface area contributed by atoms with Gasteiger partial charge in [-0.3, -0.25) is 14.5 Å². The molecule has 2 aliphatic heterocycles. The monoisotopic (exact) mass is 453 g/mol. The normalized spacial score (nSPS) is 21.0. The standard InChI is InChI=1S/C14H14N8O4S3/c1-6-17-18-14(29-6)28-4-7-3-27-12-9(11(24)22(12)10(7)13(25)26)16-8(23)2-21-5-15-19-20-21/h5,9,12H,2-4H2,1H3,(H,16,23)(H,25,26)/p-1/t9-,12+/m1/s1. The lowest BCUT2D eigenvalue weighted by Crippen LogP contribution is -2.71. The van der Waals surface area contributed by atoms with Crippen molar-refractivity contribution in [1.29, 1.82) is 0 Å². The van der Waals surface area contributed by atoms with Crippen molar-refractivity contribution in [2.24, 2.45) is 0 Å². The van der Waals surface area contributed by atoms with Crippen LogP contribution in [0.2, 0.25) is 0 Å². The van der Waals surface area contributed by atoms with Crippen molar-refractivity contribution in [3.63, 3.8) is 0 Å². The Balaban J connectivity index is 1.44. The molecule has 4 rings (SSSR count). The smallest absolute Gasteiger partial charge is 0.253 e. The summed E-state index contributed by atoms with van der Waals surface area (Å²) >= 11 is 4.17. The van der Waals surface area contributed by atoms with Crippen molar-refractivity contribution < 1.29 is 19.5 Å². The number of carboxylic acid groups (broad SMARTS) is 1. The van der Waals surface area contributed by atoms with Crippen LogP contribution >= 0.6 is 34.9 Å². The van der Waals surface area contributed by atoms with Crippen molar-refractivity contribution in [3.05, 3.63) is 22.6 Å². The molecule has 0 saturated carbocycles. The molecular weight excluding hydrogens is 440 g/mol. The van der Waals surface area contributed by atoms with Crippen molar-refractivity contribution in [2.75, 3.05) is 11.5 Å². The van der Waals surface area contributed by atoms with Gasteiger partial charge in [-0.25, -0.2) is 4.68 Å². The number of tetrazole rings is 1. The number of aliphatic carboxylic acids is 1. The second kappa shape index (κ2) is 8.08. The number of carboxylic acids is 1. The van der Waals surface area contributed by atoms with E-state index in [-0.39, 0.29) is 12.2 Å². The SMILES string of the molecule is Cc1nnc(SCC2=C(C(=O)[O-])N3C(=O)[C@@H](NC(=O)Cn4cnnn4)[C@@H]3SC2)s1. The van der Waals surface area contributed by atoms with Crippen molar-refractivity contribution in [2.45, 2.75) is 29.2 Å². The van der Waals surface area contributed by atoms with Gasteiger partial charge in [0, 0.05) is 11.5 Å². The zero-order chi connectivity index (χ0) is 20.5. The van der Waals surface area contributed by atoms with E-state index in [1.54, 1.807) is 0 Å². The second-order valence-electron chi connectivity index (χ2n) is 6.08. The van der Waals surface area contributed by atoms with E-state index in [1.807, 2.05) is 6.92 Å². The number of nitrogens with one attached hydrogen (secondary N) is 1. The van der Waals surface area contributed by atoms with Gasteiger partial charge in [-0.1, -0.05) is 23.1 Å². The van der Waals surface area contributed by atoms with Gasteiger partial charge in [-0.15, -0.1) is 27.1 Å². The molecule has 1 saturated heterocycles. The van der Waals surface area contributed by atoms with Crippen LogP contribution in [0.15, 0.2) is 21.9 Å². The molecule has 2 amide bonds. The third-order valence-electron chi connectivity index (χ3n) is 4.13. The molecule has 1 fully saturated rings. The van der Waals surface area contributed by atoms with Gasteiger partial charge in [0.2, 0.25) is 5.91 Å². The molecule has 0 spiro atoms. The molecule has 15 heteroatoms. The van der Waals surface area contributed by atoms with E-state index >= 15 is 0 Å². The molecule has 1 N–H and O–H groups in total. The molecule has 4 heterocycles. The number of β-lactam (4-membered cyclic amide) rings is 1. The Morgan fingerprint density at radius 1 is 1.41 bits per heavy atom. The molecule has 2 aromatic rings. The molecule has 2 aromatic heterocycles. The first-order chi connectivity index (χ1) is 13.9. The number of rotatable bonds is 7. The Labute approximate surface area is 176 Å². The summed E-state index contributed by atoms with van der Waals surface area (Å²) in [6.45, 7) is 1.70. The molecule has 152 valence electrons. The number of carbonyl (C=O) groups excluding carboxylic acids is 3. The van der Waals surface area contributed by atoms with Gasteiger partial charge < -0.3 is 15.2 Å². The minimum absolute atomic E-state index is 0.126. The van der Waals surface area contributed by atoms with E-state index in [4.69, 9.17) is 0 Å². The maximum absolute atomic E-state index is 12.6. The fraction of sp³-hybridized carbons (Fsp3) is 0.429. The van der Waals surface area contributed by atoms with Crippen LogP contribution in [0, 0.1) is 6.92 Å². The molecule has 2 atom stereocenters. The lowest BCUT2D eigenvalue weighted by molar-refractivity contribution is -0.301. The van der Waals surface area contributed by atoms with E-state index in [0.29, 0.717) is 17.1 Å². The molecule has 2 aliphatic rings. The largest absolute Gasteiger partial charge is 0.543 e. The summed E-state index contributed by atoms with van der Waals surface area (Å²) < 4.78 is 1.95. The van der Waals surface area contributed by atoms with E-state index in [1.165, 1.54) is 50.8 Å². The first kappa shape index (κ1) is 19.8. The Hall–Kier alpha value is -2.52. The van der Waals surface area contributed by atoms with Crippen LogP contribution in [0.5, 0.6) is 0 Å². The van der Waals surface area contributed by atoms with Crippen LogP contribution in [0.4, 0.5) is 0 Å². The molecule has 0 unspecified atom stereocenters. The summed E-state index contributed by atoms with van der Waals surface area (Å²) in [5, 5.41) is 33.1. The fourth-order valence-electron chi connectivity index (χ4n) is 2.89. The lowest BCUT2D eigenvalue weighted by Gasteiger charge is -2.50. The maximum atomic E-state index is 12.6. The molecule has 0 aliphatic carbocycles. The average molecular weight is 454 g/mol. The number of aryl methyl sites for hydroxylation is 1. The lowest BCUT2D eigenvalue weighted by atomic mass is 10.0. The van der Waals surface area contributed by atoms with Gasteiger partial charge in [0.05, 0.1) is 11.7 Å². The highest BCUT2D eigenvalue weighted by Gasteiger charge is 2.52. The highest BCUT2D eigenvalue weighted by atomic mass is 32.2. The van der Waals surface area contributed by atoms with Crippen molar-refractivity contribution in [3.8, 4) is 0 Å². The predicted molar refractivity (Wildman–Crippen MR) is 100 cm³/mol. The van der Waals surface area contributed by atoms with Crippen LogP contribution in [0.1, 0.15) is 5.01 Å². The Morgan fingerprint density at radius 3 is 2.90 bits per heavy atom. The molecule has 0 aromatic carbocycles.